The van der Waals surface area contributed by atoms with Gasteiger partial charge < -0.3 is 15.2 Å². The van der Waals surface area contributed by atoms with Crippen LogP contribution in [0.3, 0.4) is 0 Å². The quantitative estimate of drug-likeness (QED) is 0.774. The lowest BCUT2D eigenvalue weighted by Crippen LogP contribution is -2.50. The number of carbonyl (C=O) groups is 1. The molecule has 2 aliphatic rings. The first-order valence-electron chi connectivity index (χ1n) is 8.31. The number of ether oxygens (including phenoxy) is 1. The normalized spacial score (nSPS) is 20.1. The number of carbonyl (C=O) groups excluding carboxylic acids is 1. The second-order valence-corrected chi connectivity index (χ2v) is 7.07. The van der Waals surface area contributed by atoms with E-state index in [-0.39, 0.29) is 24.9 Å². The molecule has 1 atom stereocenters. The Bertz CT molecular complexity index is 584. The molecule has 0 radical (unpaired) electrons. The molecule has 2 saturated carbocycles. The Labute approximate surface area is 136 Å². The van der Waals surface area contributed by atoms with Gasteiger partial charge in [-0.15, -0.1) is 0 Å². The van der Waals surface area contributed by atoms with Crippen molar-refractivity contribution in [3.8, 4) is 0 Å². The summed E-state index contributed by atoms with van der Waals surface area (Å²) in [6.07, 6.45) is 4.40. The maximum atomic E-state index is 13.9. The highest BCUT2D eigenvalue weighted by Gasteiger charge is 2.42. The molecular weight excluding hydrogens is 297 g/mol. The van der Waals surface area contributed by atoms with Crippen molar-refractivity contribution in [1.82, 2.24) is 5.32 Å². The molecule has 0 spiro atoms. The molecule has 0 aliphatic heterocycles. The van der Waals surface area contributed by atoms with Crippen molar-refractivity contribution in [1.29, 1.82) is 0 Å². The minimum atomic E-state index is -0.603. The van der Waals surface area contributed by atoms with Gasteiger partial charge in [-0.25, -0.2) is 4.39 Å². The van der Waals surface area contributed by atoms with E-state index in [2.05, 4.69) is 5.32 Å². The smallest absolute Gasteiger partial charge is 0.251 e. The third kappa shape index (κ3) is 4.09. The van der Waals surface area contributed by atoms with Crippen LogP contribution in [0.5, 0.6) is 0 Å². The molecule has 0 saturated heterocycles. The summed E-state index contributed by atoms with van der Waals surface area (Å²) >= 11 is 0. The molecule has 5 heteroatoms. The highest BCUT2D eigenvalue weighted by atomic mass is 19.1. The molecule has 1 aromatic rings. The van der Waals surface area contributed by atoms with Gasteiger partial charge in [0.25, 0.3) is 5.91 Å². The van der Waals surface area contributed by atoms with Crippen molar-refractivity contribution < 1.29 is 19.0 Å². The number of halogens is 1. The summed E-state index contributed by atoms with van der Waals surface area (Å²) in [5.74, 6) is 0.299. The number of hydrogen-bond donors (Lipinski definition) is 2. The summed E-state index contributed by atoms with van der Waals surface area (Å²) in [4.78, 5) is 12.4. The Kier molecular flexibility index (Phi) is 4.69. The molecule has 1 unspecified atom stereocenters. The summed E-state index contributed by atoms with van der Waals surface area (Å²) in [5.41, 5.74) is 0.195. The predicted molar refractivity (Wildman–Crippen MR) is 84.5 cm³/mol. The summed E-state index contributed by atoms with van der Waals surface area (Å²) in [6.45, 7) is 2.59. The van der Waals surface area contributed by atoms with E-state index >= 15 is 0 Å². The van der Waals surface area contributed by atoms with Crippen molar-refractivity contribution in [3.05, 3.63) is 35.1 Å². The van der Waals surface area contributed by atoms with Gasteiger partial charge >= 0.3 is 0 Å². The van der Waals surface area contributed by atoms with Crippen molar-refractivity contribution >= 4 is 5.91 Å². The van der Waals surface area contributed by atoms with E-state index in [4.69, 9.17) is 4.74 Å². The van der Waals surface area contributed by atoms with Crippen LogP contribution in [0.2, 0.25) is 0 Å². The largest absolute Gasteiger partial charge is 0.394 e. The lowest BCUT2D eigenvalue weighted by molar-refractivity contribution is 0.0823. The zero-order valence-corrected chi connectivity index (χ0v) is 13.5. The molecule has 3 rings (SSSR count). The summed E-state index contributed by atoms with van der Waals surface area (Å²) in [5, 5.41) is 12.5. The molecule has 2 N–H and O–H groups in total. The number of aliphatic hydroxyl groups excluding tert-OH is 1. The van der Waals surface area contributed by atoms with Gasteiger partial charge in [0, 0.05) is 17.7 Å². The van der Waals surface area contributed by atoms with Crippen molar-refractivity contribution in [2.45, 2.75) is 44.8 Å². The minimum absolute atomic E-state index is 0.0953. The Morgan fingerprint density at radius 3 is 2.74 bits per heavy atom. The van der Waals surface area contributed by atoms with Crippen LogP contribution in [0.25, 0.3) is 0 Å². The van der Waals surface area contributed by atoms with Gasteiger partial charge in [-0.05, 0) is 62.6 Å². The van der Waals surface area contributed by atoms with E-state index in [0.29, 0.717) is 29.6 Å². The molecule has 2 fully saturated rings. The maximum Gasteiger partial charge on any atom is 0.251 e. The van der Waals surface area contributed by atoms with Gasteiger partial charge in [0.1, 0.15) is 5.82 Å². The van der Waals surface area contributed by atoms with Gasteiger partial charge in [0.15, 0.2) is 0 Å². The second kappa shape index (κ2) is 6.57. The predicted octanol–water partition coefficient (Wildman–Crippen LogP) is 2.64. The molecule has 0 bridgehead atoms. The fraction of sp³-hybridized carbons (Fsp3) is 0.611. The Morgan fingerprint density at radius 1 is 1.39 bits per heavy atom. The molecule has 0 heterocycles. The zero-order chi connectivity index (χ0) is 16.4. The molecule has 1 aromatic carbocycles. The Morgan fingerprint density at radius 2 is 2.13 bits per heavy atom. The van der Waals surface area contributed by atoms with E-state index in [1.807, 2.05) is 6.92 Å². The molecule has 23 heavy (non-hydrogen) atoms. The lowest BCUT2D eigenvalue weighted by atomic mass is 9.96. The fourth-order valence-electron chi connectivity index (χ4n) is 2.77. The Balaban J connectivity index is 1.64. The van der Waals surface area contributed by atoms with Crippen LogP contribution in [-0.2, 0) is 11.3 Å². The first-order chi connectivity index (χ1) is 11.0. The zero-order valence-electron chi connectivity index (χ0n) is 13.5. The van der Waals surface area contributed by atoms with E-state index in [1.165, 1.54) is 25.0 Å². The highest BCUT2D eigenvalue weighted by Crippen LogP contribution is 2.39. The molecule has 1 amide bonds. The first-order valence-corrected chi connectivity index (χ1v) is 8.31. The van der Waals surface area contributed by atoms with Gasteiger partial charge in [0.05, 0.1) is 18.8 Å². The van der Waals surface area contributed by atoms with Crippen molar-refractivity contribution in [3.63, 3.8) is 0 Å². The number of aliphatic hydroxyl groups is 1. The number of amides is 1. The average Bonchev–Trinajstić information content (AvgIpc) is 3.40. The fourth-order valence-corrected chi connectivity index (χ4v) is 2.77. The van der Waals surface area contributed by atoms with Gasteiger partial charge in [-0.1, -0.05) is 0 Å². The average molecular weight is 321 g/mol. The van der Waals surface area contributed by atoms with Crippen LogP contribution < -0.4 is 5.32 Å². The van der Waals surface area contributed by atoms with Gasteiger partial charge in [0.2, 0.25) is 0 Å². The van der Waals surface area contributed by atoms with Gasteiger partial charge in [-0.2, -0.15) is 0 Å². The number of benzene rings is 1. The molecular formula is C18H24FNO3. The topological polar surface area (TPSA) is 58.6 Å². The van der Waals surface area contributed by atoms with Crippen molar-refractivity contribution in [2.75, 3.05) is 13.2 Å². The van der Waals surface area contributed by atoms with Crippen LogP contribution in [0, 0.1) is 17.7 Å². The first kappa shape index (κ1) is 16.4. The maximum absolute atomic E-state index is 13.9. The highest BCUT2D eigenvalue weighted by molar-refractivity contribution is 5.94. The number of nitrogens with one attached hydrogen (secondary N) is 1. The third-order valence-electron chi connectivity index (χ3n) is 4.82. The van der Waals surface area contributed by atoms with E-state index < -0.39 is 5.54 Å². The third-order valence-corrected chi connectivity index (χ3v) is 4.82. The van der Waals surface area contributed by atoms with Crippen LogP contribution in [0.1, 0.15) is 48.5 Å². The van der Waals surface area contributed by atoms with Crippen LogP contribution in [0.4, 0.5) is 4.39 Å². The van der Waals surface area contributed by atoms with E-state index in [0.717, 1.165) is 12.8 Å². The van der Waals surface area contributed by atoms with E-state index in [1.54, 1.807) is 6.07 Å². The van der Waals surface area contributed by atoms with E-state index in [9.17, 15) is 14.3 Å². The van der Waals surface area contributed by atoms with Gasteiger partial charge in [-0.3, -0.25) is 4.79 Å². The minimum Gasteiger partial charge on any atom is -0.394 e. The standard InChI is InChI=1S/C18H24FNO3/c1-18(11-21,15-5-6-15)20-17(22)13-4-7-16(19)14(8-13)10-23-9-12-2-3-12/h4,7-8,12,15,21H,2-3,5-6,9-11H2,1H3,(H,20,22). The molecule has 0 aromatic heterocycles. The number of rotatable bonds is 8. The summed E-state index contributed by atoms with van der Waals surface area (Å²) in [6, 6.07) is 4.32. The Hall–Kier alpha value is -1.46. The molecule has 2 aliphatic carbocycles. The van der Waals surface area contributed by atoms with Crippen LogP contribution in [-0.4, -0.2) is 29.8 Å². The SMILES string of the molecule is CC(CO)(NC(=O)c1ccc(F)c(COCC2CC2)c1)C1CC1. The monoisotopic (exact) mass is 321 g/mol. The molecule has 4 nitrogen and oxygen atoms in total. The second-order valence-electron chi connectivity index (χ2n) is 7.07. The number of hydrogen-bond acceptors (Lipinski definition) is 3. The molecule has 126 valence electrons. The lowest BCUT2D eigenvalue weighted by Gasteiger charge is -2.28. The summed E-state index contributed by atoms with van der Waals surface area (Å²) in [7, 11) is 0. The van der Waals surface area contributed by atoms with Crippen molar-refractivity contribution in [2.24, 2.45) is 11.8 Å². The summed E-state index contributed by atoms with van der Waals surface area (Å²) < 4.78 is 19.4. The van der Waals surface area contributed by atoms with Crippen LogP contribution in [0.15, 0.2) is 18.2 Å². The van der Waals surface area contributed by atoms with Crippen LogP contribution >= 0.6 is 0 Å².